The summed E-state index contributed by atoms with van der Waals surface area (Å²) < 4.78 is 13.0. The number of rotatable bonds is 6. The molecule has 1 aromatic rings. The first-order valence-electron chi connectivity index (χ1n) is 7.88. The summed E-state index contributed by atoms with van der Waals surface area (Å²) >= 11 is 0. The second-order valence-electron chi connectivity index (χ2n) is 6.13. The van der Waals surface area contributed by atoms with Crippen molar-refractivity contribution in [3.8, 4) is 0 Å². The maximum absolute atomic E-state index is 13.0. The number of carbonyl (C=O) groups is 1. The summed E-state index contributed by atoms with van der Waals surface area (Å²) in [6.45, 7) is 5.52. The summed E-state index contributed by atoms with van der Waals surface area (Å²) in [6, 6.07) is 5.90. The molecule has 2 rings (SSSR count). The van der Waals surface area contributed by atoms with E-state index in [0.717, 1.165) is 19.4 Å². The molecule has 4 nitrogen and oxygen atoms in total. The van der Waals surface area contributed by atoms with Crippen LogP contribution < -0.4 is 0 Å². The van der Waals surface area contributed by atoms with Crippen LogP contribution in [0.5, 0.6) is 0 Å². The Labute approximate surface area is 131 Å². The molecule has 0 saturated carbocycles. The Morgan fingerprint density at radius 3 is 2.59 bits per heavy atom. The van der Waals surface area contributed by atoms with Gasteiger partial charge in [0.15, 0.2) is 0 Å². The third kappa shape index (κ3) is 3.65. The highest BCUT2D eigenvalue weighted by atomic mass is 19.1. The van der Waals surface area contributed by atoms with E-state index in [2.05, 4.69) is 11.8 Å². The number of hydrogen-bond donors (Lipinski definition) is 1. The zero-order valence-corrected chi connectivity index (χ0v) is 13.5. The molecule has 1 aliphatic heterocycles. The van der Waals surface area contributed by atoms with Gasteiger partial charge < -0.3 is 10.0 Å². The van der Waals surface area contributed by atoms with Crippen LogP contribution in [0.4, 0.5) is 4.39 Å². The molecule has 1 fully saturated rings. The fourth-order valence-electron chi connectivity index (χ4n) is 2.88. The topological polar surface area (TPSA) is 43.8 Å². The number of likely N-dealkylation sites (tertiary alicyclic amines) is 1. The number of aliphatic hydroxyl groups is 1. The van der Waals surface area contributed by atoms with Crippen molar-refractivity contribution < 1.29 is 14.3 Å². The SMILES string of the molecule is CCCC(CN1C[C@@H](O)[C@H]1C)N(C)C(=O)c1ccc(F)cc1. The van der Waals surface area contributed by atoms with Gasteiger partial charge in [0.25, 0.3) is 5.91 Å². The number of benzene rings is 1. The van der Waals surface area contributed by atoms with Crippen LogP contribution in [0, 0.1) is 5.82 Å². The molecule has 5 heteroatoms. The minimum atomic E-state index is -0.340. The van der Waals surface area contributed by atoms with Gasteiger partial charge in [-0.25, -0.2) is 4.39 Å². The van der Waals surface area contributed by atoms with Crippen molar-refractivity contribution >= 4 is 5.91 Å². The number of hydrogen-bond acceptors (Lipinski definition) is 3. The zero-order valence-electron chi connectivity index (χ0n) is 13.5. The molecule has 0 bridgehead atoms. The molecule has 0 aliphatic carbocycles. The van der Waals surface area contributed by atoms with Gasteiger partial charge >= 0.3 is 0 Å². The average molecular weight is 308 g/mol. The van der Waals surface area contributed by atoms with E-state index in [1.54, 1.807) is 11.9 Å². The van der Waals surface area contributed by atoms with Crippen molar-refractivity contribution in [3.63, 3.8) is 0 Å². The Morgan fingerprint density at radius 1 is 1.45 bits per heavy atom. The Morgan fingerprint density at radius 2 is 2.09 bits per heavy atom. The van der Waals surface area contributed by atoms with Gasteiger partial charge in [0.1, 0.15) is 5.82 Å². The standard InChI is InChI=1S/C17H25FN2O2/c1-4-5-15(10-20-11-16(21)12(20)2)19(3)17(22)13-6-8-14(18)9-7-13/h6-9,12,15-16,21H,4-5,10-11H2,1-3H3/t12-,15?,16-/m1/s1. The predicted molar refractivity (Wildman–Crippen MR) is 84.2 cm³/mol. The minimum absolute atomic E-state index is 0.0906. The van der Waals surface area contributed by atoms with E-state index in [4.69, 9.17) is 0 Å². The molecule has 1 saturated heterocycles. The van der Waals surface area contributed by atoms with E-state index in [0.29, 0.717) is 12.1 Å². The number of aliphatic hydroxyl groups excluding tert-OH is 1. The van der Waals surface area contributed by atoms with Gasteiger partial charge in [-0.3, -0.25) is 9.69 Å². The Hall–Kier alpha value is -1.46. The van der Waals surface area contributed by atoms with Crippen molar-refractivity contribution in [3.05, 3.63) is 35.6 Å². The summed E-state index contributed by atoms with van der Waals surface area (Å²) in [7, 11) is 1.80. The fourth-order valence-corrected chi connectivity index (χ4v) is 2.88. The third-order valence-electron chi connectivity index (χ3n) is 4.58. The number of likely N-dealkylation sites (N-methyl/N-ethyl adjacent to an activating group) is 1. The van der Waals surface area contributed by atoms with Crippen LogP contribution in [-0.2, 0) is 0 Å². The maximum atomic E-state index is 13.0. The molecule has 22 heavy (non-hydrogen) atoms. The summed E-state index contributed by atoms with van der Waals surface area (Å²) in [6.07, 6.45) is 1.62. The molecule has 1 amide bonds. The second kappa shape index (κ2) is 7.20. The van der Waals surface area contributed by atoms with Crippen LogP contribution in [0.25, 0.3) is 0 Å². The van der Waals surface area contributed by atoms with Gasteiger partial charge in [0.2, 0.25) is 0 Å². The molecule has 1 aliphatic rings. The molecule has 1 heterocycles. The molecule has 1 N–H and O–H groups in total. The number of β-amino-alcohol motifs (C(OH)–C–C–N with tert-alkyl or cyclic N) is 1. The van der Waals surface area contributed by atoms with Crippen LogP contribution in [0.1, 0.15) is 37.0 Å². The molecule has 0 aromatic heterocycles. The van der Waals surface area contributed by atoms with E-state index in [-0.39, 0.29) is 29.9 Å². The van der Waals surface area contributed by atoms with Gasteiger partial charge in [-0.05, 0) is 37.6 Å². The average Bonchev–Trinajstić information content (AvgIpc) is 2.52. The molecule has 0 radical (unpaired) electrons. The molecular formula is C17H25FN2O2. The summed E-state index contributed by atoms with van der Waals surface area (Å²) in [5.74, 6) is -0.431. The number of amides is 1. The number of carbonyl (C=O) groups excluding carboxylic acids is 1. The lowest BCUT2D eigenvalue weighted by Gasteiger charge is -2.46. The number of nitrogens with zero attached hydrogens (tertiary/aromatic N) is 2. The van der Waals surface area contributed by atoms with Crippen molar-refractivity contribution in [1.82, 2.24) is 9.80 Å². The Balaban J connectivity index is 2.03. The molecule has 3 atom stereocenters. The van der Waals surface area contributed by atoms with Crippen LogP contribution in [-0.4, -0.2) is 59.1 Å². The van der Waals surface area contributed by atoms with E-state index in [1.807, 2.05) is 6.92 Å². The Bertz CT molecular complexity index is 506. The lowest BCUT2D eigenvalue weighted by atomic mass is 9.98. The van der Waals surface area contributed by atoms with Crippen molar-refractivity contribution in [2.45, 2.75) is 44.9 Å². The smallest absolute Gasteiger partial charge is 0.253 e. The second-order valence-corrected chi connectivity index (χ2v) is 6.13. The van der Waals surface area contributed by atoms with Crippen molar-refractivity contribution in [2.75, 3.05) is 20.1 Å². The molecule has 1 aromatic carbocycles. The lowest BCUT2D eigenvalue weighted by molar-refractivity contribution is -0.0614. The normalized spacial score (nSPS) is 23.0. The van der Waals surface area contributed by atoms with Crippen LogP contribution in [0.3, 0.4) is 0 Å². The van der Waals surface area contributed by atoms with E-state index < -0.39 is 0 Å². The lowest BCUT2D eigenvalue weighted by Crippen LogP contribution is -2.61. The number of halogens is 1. The van der Waals surface area contributed by atoms with Crippen LogP contribution in [0.2, 0.25) is 0 Å². The van der Waals surface area contributed by atoms with E-state index in [1.165, 1.54) is 24.3 Å². The predicted octanol–water partition coefficient (Wildman–Crippen LogP) is 2.13. The summed E-state index contributed by atoms with van der Waals surface area (Å²) in [5.41, 5.74) is 0.502. The first-order chi connectivity index (χ1) is 10.4. The highest BCUT2D eigenvalue weighted by molar-refractivity contribution is 5.94. The Kier molecular flexibility index (Phi) is 5.53. The van der Waals surface area contributed by atoms with Crippen molar-refractivity contribution in [1.29, 1.82) is 0 Å². The summed E-state index contributed by atoms with van der Waals surface area (Å²) in [4.78, 5) is 16.5. The van der Waals surface area contributed by atoms with Gasteiger partial charge in [-0.2, -0.15) is 0 Å². The highest BCUT2D eigenvalue weighted by Crippen LogP contribution is 2.21. The largest absolute Gasteiger partial charge is 0.390 e. The fraction of sp³-hybridized carbons (Fsp3) is 0.588. The first-order valence-corrected chi connectivity index (χ1v) is 7.88. The molecule has 122 valence electrons. The van der Waals surface area contributed by atoms with Crippen LogP contribution in [0.15, 0.2) is 24.3 Å². The molecule has 1 unspecified atom stereocenters. The molecule has 0 spiro atoms. The van der Waals surface area contributed by atoms with E-state index >= 15 is 0 Å². The van der Waals surface area contributed by atoms with Gasteiger partial charge in [0.05, 0.1) is 6.10 Å². The van der Waals surface area contributed by atoms with Gasteiger partial charge in [0, 0.05) is 37.8 Å². The van der Waals surface area contributed by atoms with E-state index in [9.17, 15) is 14.3 Å². The van der Waals surface area contributed by atoms with Gasteiger partial charge in [-0.1, -0.05) is 13.3 Å². The quantitative estimate of drug-likeness (QED) is 0.875. The molecular weight excluding hydrogens is 283 g/mol. The zero-order chi connectivity index (χ0) is 16.3. The minimum Gasteiger partial charge on any atom is -0.390 e. The highest BCUT2D eigenvalue weighted by Gasteiger charge is 2.36. The monoisotopic (exact) mass is 308 g/mol. The van der Waals surface area contributed by atoms with Gasteiger partial charge in [-0.15, -0.1) is 0 Å². The van der Waals surface area contributed by atoms with Crippen LogP contribution >= 0.6 is 0 Å². The maximum Gasteiger partial charge on any atom is 0.253 e. The third-order valence-corrected chi connectivity index (χ3v) is 4.58. The first kappa shape index (κ1) is 16.9. The summed E-state index contributed by atoms with van der Waals surface area (Å²) in [5, 5.41) is 9.62. The van der Waals surface area contributed by atoms with Crippen molar-refractivity contribution in [2.24, 2.45) is 0 Å².